The van der Waals surface area contributed by atoms with Crippen LogP contribution in [0.3, 0.4) is 0 Å². The van der Waals surface area contributed by atoms with Crippen LogP contribution < -0.4 is 10.5 Å². The molecule has 2 aromatic carbocycles. The normalized spacial score (nSPS) is 13.3. The Labute approximate surface area is 160 Å². The molecular weight excluding hydrogens is 364 g/mol. The predicted molar refractivity (Wildman–Crippen MR) is 103 cm³/mol. The van der Waals surface area contributed by atoms with Gasteiger partial charge >= 0.3 is 0 Å². The number of methoxy groups -OCH3 is 1. The van der Waals surface area contributed by atoms with E-state index in [4.69, 9.17) is 10.5 Å². The smallest absolute Gasteiger partial charge is 0.258 e. The Morgan fingerprint density at radius 2 is 2.00 bits per heavy atom. The van der Waals surface area contributed by atoms with E-state index in [0.717, 1.165) is 18.6 Å². The number of hydrogen-bond donors (Lipinski definition) is 1. The van der Waals surface area contributed by atoms with Crippen LogP contribution >= 0.6 is 0 Å². The number of fused-ring (bicyclic) bond motifs is 2. The molecule has 0 saturated heterocycles. The first-order chi connectivity index (χ1) is 13.5. The number of aromatic nitrogens is 1. The molecule has 0 saturated carbocycles. The second kappa shape index (κ2) is 6.74. The van der Waals surface area contributed by atoms with E-state index in [9.17, 15) is 13.6 Å². The first-order valence-electron chi connectivity index (χ1n) is 9.00. The summed E-state index contributed by atoms with van der Waals surface area (Å²) < 4.78 is 33.7. The molecule has 0 unspecified atom stereocenters. The van der Waals surface area contributed by atoms with Gasteiger partial charge in [-0.1, -0.05) is 25.1 Å². The van der Waals surface area contributed by atoms with Crippen LogP contribution in [0.15, 0.2) is 30.3 Å². The van der Waals surface area contributed by atoms with E-state index in [0.29, 0.717) is 46.5 Å². The second-order valence-corrected chi connectivity index (χ2v) is 6.74. The monoisotopic (exact) mass is 383 g/mol. The predicted octanol–water partition coefficient (Wildman–Crippen LogP) is 4.14. The van der Waals surface area contributed by atoms with Gasteiger partial charge < -0.3 is 15.4 Å². The molecule has 0 spiro atoms. The van der Waals surface area contributed by atoms with Crippen LogP contribution in [0.1, 0.15) is 29.4 Å². The van der Waals surface area contributed by atoms with Crippen molar-refractivity contribution in [3.8, 4) is 16.9 Å². The zero-order valence-corrected chi connectivity index (χ0v) is 15.6. The highest BCUT2D eigenvalue weighted by atomic mass is 19.1. The molecule has 5 nitrogen and oxygen atoms in total. The number of ether oxygens (including phenoxy) is 1. The molecule has 4 rings (SSSR count). The van der Waals surface area contributed by atoms with Gasteiger partial charge in [-0.05, 0) is 12.5 Å². The van der Waals surface area contributed by atoms with E-state index in [1.807, 2.05) is 6.92 Å². The van der Waals surface area contributed by atoms with Crippen molar-refractivity contribution < 1.29 is 18.3 Å². The van der Waals surface area contributed by atoms with Crippen LogP contribution in [0.25, 0.3) is 22.0 Å². The highest BCUT2D eigenvalue weighted by Gasteiger charge is 2.32. The number of para-hydroxylation sites is 1. The summed E-state index contributed by atoms with van der Waals surface area (Å²) >= 11 is 0. The van der Waals surface area contributed by atoms with E-state index in [1.54, 1.807) is 23.1 Å². The van der Waals surface area contributed by atoms with Crippen molar-refractivity contribution in [1.29, 1.82) is 0 Å². The molecule has 3 aromatic rings. The molecule has 1 aromatic heterocycles. The van der Waals surface area contributed by atoms with Gasteiger partial charge in [0.05, 0.1) is 36.1 Å². The lowest BCUT2D eigenvalue weighted by Crippen LogP contribution is -2.24. The number of carbonyl (C=O) groups is 1. The third-order valence-electron chi connectivity index (χ3n) is 5.00. The number of nitrogens with zero attached hydrogens (tertiary/aromatic N) is 2. The molecule has 7 heteroatoms. The van der Waals surface area contributed by atoms with Crippen LogP contribution in [0.4, 0.5) is 14.5 Å². The summed E-state index contributed by atoms with van der Waals surface area (Å²) in [6, 6.07) is 7.17. The van der Waals surface area contributed by atoms with Crippen molar-refractivity contribution in [1.82, 2.24) is 9.88 Å². The molecule has 0 fully saturated rings. The number of benzene rings is 2. The average Bonchev–Trinajstić information content (AvgIpc) is 2.99. The van der Waals surface area contributed by atoms with Crippen LogP contribution in [0.5, 0.6) is 5.75 Å². The van der Waals surface area contributed by atoms with Crippen molar-refractivity contribution in [2.24, 2.45) is 0 Å². The molecule has 1 aliphatic heterocycles. The number of nitrogen functional groups attached to an aromatic ring is 1. The van der Waals surface area contributed by atoms with Crippen LogP contribution in [0, 0.1) is 11.6 Å². The Morgan fingerprint density at radius 3 is 2.71 bits per heavy atom. The summed E-state index contributed by atoms with van der Waals surface area (Å²) in [5, 5.41) is 0.540. The van der Waals surface area contributed by atoms with Crippen LogP contribution in [-0.4, -0.2) is 29.4 Å². The molecule has 0 radical (unpaired) electrons. The zero-order chi connectivity index (χ0) is 20.0. The molecule has 0 aliphatic carbocycles. The summed E-state index contributed by atoms with van der Waals surface area (Å²) in [6.07, 6.45) is 0.820. The van der Waals surface area contributed by atoms with Gasteiger partial charge in [0.15, 0.2) is 11.6 Å². The number of nitrogens with two attached hydrogens (primary N) is 1. The zero-order valence-electron chi connectivity index (χ0n) is 15.6. The Hall–Kier alpha value is -3.22. The third kappa shape index (κ3) is 2.66. The van der Waals surface area contributed by atoms with E-state index in [-0.39, 0.29) is 17.2 Å². The molecule has 28 heavy (non-hydrogen) atoms. The summed E-state index contributed by atoms with van der Waals surface area (Å²) in [6.45, 7) is 2.95. The summed E-state index contributed by atoms with van der Waals surface area (Å²) in [7, 11) is 1.28. The van der Waals surface area contributed by atoms with Gasteiger partial charge in [-0.3, -0.25) is 4.79 Å². The number of halogens is 2. The van der Waals surface area contributed by atoms with Crippen molar-refractivity contribution >= 4 is 22.5 Å². The molecule has 0 bridgehead atoms. The lowest BCUT2D eigenvalue weighted by molar-refractivity contribution is 0.0779. The maximum absolute atomic E-state index is 14.7. The van der Waals surface area contributed by atoms with Gasteiger partial charge in [-0.2, -0.15) is 0 Å². The van der Waals surface area contributed by atoms with Crippen molar-refractivity contribution in [2.75, 3.05) is 19.4 Å². The largest absolute Gasteiger partial charge is 0.494 e. The van der Waals surface area contributed by atoms with Gasteiger partial charge in [-0.15, -0.1) is 0 Å². The Balaban J connectivity index is 1.95. The van der Waals surface area contributed by atoms with Crippen LogP contribution in [-0.2, 0) is 6.54 Å². The summed E-state index contributed by atoms with van der Waals surface area (Å²) in [5.41, 5.74) is 8.50. The molecule has 2 N–H and O–H groups in total. The van der Waals surface area contributed by atoms with Crippen molar-refractivity contribution in [3.05, 3.63) is 53.2 Å². The minimum atomic E-state index is -0.672. The van der Waals surface area contributed by atoms with E-state index in [2.05, 4.69) is 4.98 Å². The maximum Gasteiger partial charge on any atom is 0.258 e. The SMILES string of the molecule is CCCN1Cc2nc3c(-c4cc(F)c(OC)cc4F)cccc3c(N)c2C1=O. The fraction of sp³-hybridized carbons (Fsp3) is 0.238. The molecule has 2 heterocycles. The Bertz CT molecular complexity index is 1110. The highest BCUT2D eigenvalue weighted by Crippen LogP contribution is 2.38. The van der Waals surface area contributed by atoms with Crippen molar-refractivity contribution in [3.63, 3.8) is 0 Å². The average molecular weight is 383 g/mol. The van der Waals surface area contributed by atoms with Gasteiger partial charge in [0.25, 0.3) is 5.91 Å². The lowest BCUT2D eigenvalue weighted by atomic mass is 9.98. The maximum atomic E-state index is 14.7. The van der Waals surface area contributed by atoms with E-state index >= 15 is 0 Å². The third-order valence-corrected chi connectivity index (χ3v) is 5.00. The summed E-state index contributed by atoms with van der Waals surface area (Å²) in [5.74, 6) is -1.61. The molecule has 0 atom stereocenters. The highest BCUT2D eigenvalue weighted by molar-refractivity contribution is 6.11. The number of anilines is 1. The van der Waals surface area contributed by atoms with Gasteiger partial charge in [0, 0.05) is 29.1 Å². The number of carbonyl (C=O) groups excluding carboxylic acids is 1. The fourth-order valence-corrected chi connectivity index (χ4v) is 3.69. The number of amides is 1. The first-order valence-corrected chi connectivity index (χ1v) is 9.00. The van der Waals surface area contributed by atoms with Gasteiger partial charge in [0.1, 0.15) is 5.82 Å². The number of hydrogen-bond acceptors (Lipinski definition) is 4. The molecule has 144 valence electrons. The minimum Gasteiger partial charge on any atom is -0.494 e. The minimum absolute atomic E-state index is 0.0606. The Kier molecular flexibility index (Phi) is 4.37. The van der Waals surface area contributed by atoms with Gasteiger partial charge in [-0.25, -0.2) is 13.8 Å². The standard InChI is InChI=1S/C21H19F2N3O2/c1-3-7-26-10-16-18(21(26)27)19(24)12-6-4-5-11(20(12)25-16)13-8-15(23)17(28-2)9-14(13)22/h4-6,8-9H,3,7,10H2,1-2H3,(H2,24,25). The van der Waals surface area contributed by atoms with Gasteiger partial charge in [0.2, 0.25) is 0 Å². The van der Waals surface area contributed by atoms with Crippen LogP contribution in [0.2, 0.25) is 0 Å². The molecule has 1 aliphatic rings. The quantitative estimate of drug-likeness (QED) is 0.735. The second-order valence-electron chi connectivity index (χ2n) is 6.74. The fourth-order valence-electron chi connectivity index (χ4n) is 3.69. The topological polar surface area (TPSA) is 68.5 Å². The Morgan fingerprint density at radius 1 is 1.21 bits per heavy atom. The first kappa shape index (κ1) is 18.2. The number of rotatable bonds is 4. The number of pyridine rings is 1. The molecule has 1 amide bonds. The van der Waals surface area contributed by atoms with E-state index < -0.39 is 11.6 Å². The summed E-state index contributed by atoms with van der Waals surface area (Å²) in [4.78, 5) is 19.0. The molecular formula is C21H19F2N3O2. The van der Waals surface area contributed by atoms with Crippen molar-refractivity contribution in [2.45, 2.75) is 19.9 Å². The lowest BCUT2D eigenvalue weighted by Gasteiger charge is -2.13. The van der Waals surface area contributed by atoms with E-state index in [1.165, 1.54) is 7.11 Å².